The van der Waals surface area contributed by atoms with Gasteiger partial charge in [-0.05, 0) is 44.4 Å². The summed E-state index contributed by atoms with van der Waals surface area (Å²) in [5.74, 6) is 2.00. The molecule has 2 rings (SSSR count). The predicted octanol–water partition coefficient (Wildman–Crippen LogP) is 2.80. The molecular weight excluding hydrogens is 312 g/mol. The van der Waals surface area contributed by atoms with Crippen molar-refractivity contribution in [3.05, 3.63) is 48.4 Å². The molecule has 1 atom stereocenters. The number of carbonyl (C=O) groups excluding carboxylic acids is 1. The summed E-state index contributed by atoms with van der Waals surface area (Å²) in [6.07, 6.45) is 1.65. The quantitative estimate of drug-likeness (QED) is 0.752. The molecule has 0 spiro atoms. The highest BCUT2D eigenvalue weighted by molar-refractivity contribution is 8.00. The minimum absolute atomic E-state index is 0.00349. The van der Waals surface area contributed by atoms with Crippen molar-refractivity contribution in [2.45, 2.75) is 10.9 Å². The van der Waals surface area contributed by atoms with Gasteiger partial charge in [-0.15, -0.1) is 11.8 Å². The van der Waals surface area contributed by atoms with Gasteiger partial charge >= 0.3 is 0 Å². The van der Waals surface area contributed by atoms with Crippen molar-refractivity contribution in [3.8, 4) is 5.75 Å². The van der Waals surface area contributed by atoms with E-state index < -0.39 is 0 Å². The Morgan fingerprint density at radius 3 is 2.83 bits per heavy atom. The highest BCUT2D eigenvalue weighted by Gasteiger charge is 2.17. The number of ether oxygens (including phenoxy) is 1. The molecule has 124 valence electrons. The zero-order chi connectivity index (χ0) is 16.7. The van der Waals surface area contributed by atoms with Crippen LogP contribution in [-0.4, -0.2) is 44.3 Å². The molecule has 0 radical (unpaired) electrons. The molecule has 0 unspecified atom stereocenters. The molecule has 1 heterocycles. The van der Waals surface area contributed by atoms with Crippen LogP contribution in [0.25, 0.3) is 0 Å². The van der Waals surface area contributed by atoms with Crippen LogP contribution in [0.2, 0.25) is 0 Å². The van der Waals surface area contributed by atoms with Gasteiger partial charge in [0.1, 0.15) is 11.5 Å². The average Bonchev–Trinajstić information content (AvgIpc) is 3.07. The Balaban J connectivity index is 1.82. The fourth-order valence-electron chi connectivity index (χ4n) is 2.12. The van der Waals surface area contributed by atoms with E-state index >= 15 is 0 Å². The van der Waals surface area contributed by atoms with Gasteiger partial charge in [0.15, 0.2) is 0 Å². The molecule has 5 nitrogen and oxygen atoms in total. The number of likely N-dealkylation sites (N-methyl/N-ethyl adjacent to an activating group) is 1. The Kier molecular flexibility index (Phi) is 6.55. The van der Waals surface area contributed by atoms with E-state index in [2.05, 4.69) is 5.32 Å². The van der Waals surface area contributed by atoms with Crippen molar-refractivity contribution in [3.63, 3.8) is 0 Å². The topological polar surface area (TPSA) is 54.7 Å². The van der Waals surface area contributed by atoms with Gasteiger partial charge in [0.2, 0.25) is 5.91 Å². The number of hydrogen-bond donors (Lipinski definition) is 1. The third-order valence-corrected chi connectivity index (χ3v) is 4.39. The van der Waals surface area contributed by atoms with Crippen molar-refractivity contribution >= 4 is 17.7 Å². The summed E-state index contributed by atoms with van der Waals surface area (Å²) in [5, 5.41) is 2.96. The summed E-state index contributed by atoms with van der Waals surface area (Å²) < 4.78 is 10.6. The van der Waals surface area contributed by atoms with Crippen LogP contribution < -0.4 is 10.1 Å². The lowest BCUT2D eigenvalue weighted by atomic mass is 10.2. The second-order valence-corrected chi connectivity index (χ2v) is 6.32. The summed E-state index contributed by atoms with van der Waals surface area (Å²) in [7, 11) is 5.56. The fraction of sp³-hybridized carbons (Fsp3) is 0.353. The van der Waals surface area contributed by atoms with Crippen molar-refractivity contribution < 1.29 is 13.9 Å². The lowest BCUT2D eigenvalue weighted by molar-refractivity contribution is -0.118. The molecule has 1 aromatic carbocycles. The Hall–Kier alpha value is -1.92. The number of amides is 1. The highest BCUT2D eigenvalue weighted by atomic mass is 32.2. The van der Waals surface area contributed by atoms with Crippen LogP contribution in [0.3, 0.4) is 0 Å². The number of rotatable bonds is 8. The maximum Gasteiger partial charge on any atom is 0.230 e. The van der Waals surface area contributed by atoms with E-state index in [1.165, 1.54) is 11.8 Å². The van der Waals surface area contributed by atoms with Crippen molar-refractivity contribution in [1.29, 1.82) is 0 Å². The maximum absolute atomic E-state index is 12.1. The van der Waals surface area contributed by atoms with Gasteiger partial charge in [-0.1, -0.05) is 6.07 Å². The maximum atomic E-state index is 12.1. The Labute approximate surface area is 141 Å². The van der Waals surface area contributed by atoms with E-state index in [1.807, 2.05) is 55.4 Å². The molecule has 0 bridgehead atoms. The Morgan fingerprint density at radius 1 is 1.35 bits per heavy atom. The minimum atomic E-state index is -0.00349. The summed E-state index contributed by atoms with van der Waals surface area (Å²) in [6, 6.07) is 11.5. The van der Waals surface area contributed by atoms with Crippen molar-refractivity contribution in [1.82, 2.24) is 10.2 Å². The molecule has 23 heavy (non-hydrogen) atoms. The molecule has 6 heteroatoms. The Morgan fingerprint density at radius 2 is 2.17 bits per heavy atom. The Bertz CT molecular complexity index is 614. The first-order valence-corrected chi connectivity index (χ1v) is 8.32. The molecule has 0 aliphatic carbocycles. The number of methoxy groups -OCH3 is 1. The predicted molar refractivity (Wildman–Crippen MR) is 91.9 cm³/mol. The van der Waals surface area contributed by atoms with Crippen LogP contribution in [0.5, 0.6) is 5.75 Å². The van der Waals surface area contributed by atoms with Crippen LogP contribution in [0.15, 0.2) is 52.0 Å². The molecule has 2 aromatic rings. The molecule has 0 fully saturated rings. The van der Waals surface area contributed by atoms with Crippen LogP contribution in [-0.2, 0) is 4.79 Å². The molecule has 0 saturated carbocycles. The van der Waals surface area contributed by atoms with Crippen LogP contribution in [0.4, 0.5) is 0 Å². The van der Waals surface area contributed by atoms with Gasteiger partial charge in [-0.2, -0.15) is 0 Å². The van der Waals surface area contributed by atoms with Crippen LogP contribution in [0.1, 0.15) is 11.8 Å². The molecular formula is C17H22N2O3S. The number of nitrogens with zero attached hydrogens (tertiary/aromatic N) is 1. The third kappa shape index (κ3) is 5.33. The van der Waals surface area contributed by atoms with Crippen molar-refractivity contribution in [2.24, 2.45) is 0 Å². The summed E-state index contributed by atoms with van der Waals surface area (Å²) in [4.78, 5) is 15.1. The molecule has 1 N–H and O–H groups in total. The standard InChI is InChI=1S/C17H22N2O3S/c1-19(2)15(16-8-5-9-22-16)11-18-17(20)12-23-14-7-4-6-13(10-14)21-3/h4-10,15H,11-12H2,1-3H3,(H,18,20)/t15-/m0/s1. The SMILES string of the molecule is COc1cccc(SCC(=O)NC[C@@H](c2ccco2)N(C)C)c1. The lowest BCUT2D eigenvalue weighted by Crippen LogP contribution is -2.35. The number of thioether (sulfide) groups is 1. The summed E-state index contributed by atoms with van der Waals surface area (Å²) in [5.41, 5.74) is 0. The zero-order valence-corrected chi connectivity index (χ0v) is 14.4. The van der Waals surface area contributed by atoms with Crippen LogP contribution in [0, 0.1) is 0 Å². The molecule has 1 aromatic heterocycles. The van der Waals surface area contributed by atoms with E-state index in [9.17, 15) is 4.79 Å². The summed E-state index contributed by atoms with van der Waals surface area (Å²) in [6.45, 7) is 0.512. The van der Waals surface area contributed by atoms with E-state index in [1.54, 1.807) is 13.4 Å². The van der Waals surface area contributed by atoms with Crippen LogP contribution >= 0.6 is 11.8 Å². The minimum Gasteiger partial charge on any atom is -0.497 e. The summed E-state index contributed by atoms with van der Waals surface area (Å²) >= 11 is 1.49. The van der Waals surface area contributed by atoms with Gasteiger partial charge in [0, 0.05) is 11.4 Å². The first kappa shape index (κ1) is 17.4. The number of carbonyl (C=O) groups is 1. The van der Waals surface area contributed by atoms with Gasteiger partial charge in [0.05, 0.1) is 25.2 Å². The second kappa shape index (κ2) is 8.64. The molecule has 0 saturated heterocycles. The second-order valence-electron chi connectivity index (χ2n) is 5.27. The normalized spacial score (nSPS) is 12.2. The van der Waals surface area contributed by atoms with Gasteiger partial charge in [-0.25, -0.2) is 0 Å². The van der Waals surface area contributed by atoms with Crippen molar-refractivity contribution in [2.75, 3.05) is 33.5 Å². The highest BCUT2D eigenvalue weighted by Crippen LogP contribution is 2.22. The first-order chi connectivity index (χ1) is 11.1. The zero-order valence-electron chi connectivity index (χ0n) is 13.6. The third-order valence-electron chi connectivity index (χ3n) is 3.40. The number of benzene rings is 1. The number of furan rings is 1. The van der Waals surface area contributed by atoms with Gasteiger partial charge in [0.25, 0.3) is 0 Å². The monoisotopic (exact) mass is 334 g/mol. The molecule has 0 aliphatic rings. The molecule has 0 aliphatic heterocycles. The fourth-order valence-corrected chi connectivity index (χ4v) is 2.89. The first-order valence-electron chi connectivity index (χ1n) is 7.33. The van der Waals surface area contributed by atoms with Gasteiger partial charge in [-0.3, -0.25) is 9.69 Å². The molecule has 1 amide bonds. The van der Waals surface area contributed by atoms with E-state index in [0.29, 0.717) is 12.3 Å². The van der Waals surface area contributed by atoms with Gasteiger partial charge < -0.3 is 14.5 Å². The largest absolute Gasteiger partial charge is 0.497 e. The smallest absolute Gasteiger partial charge is 0.230 e. The number of nitrogens with one attached hydrogen (secondary N) is 1. The van der Waals surface area contributed by atoms with E-state index in [0.717, 1.165) is 16.4 Å². The lowest BCUT2D eigenvalue weighted by Gasteiger charge is -2.22. The average molecular weight is 334 g/mol. The number of hydrogen-bond acceptors (Lipinski definition) is 5. The van der Waals surface area contributed by atoms with E-state index in [-0.39, 0.29) is 11.9 Å². The van der Waals surface area contributed by atoms with E-state index in [4.69, 9.17) is 9.15 Å².